The molecule has 0 bridgehead atoms. The van der Waals surface area contributed by atoms with Gasteiger partial charge < -0.3 is 11.1 Å². The van der Waals surface area contributed by atoms with E-state index < -0.39 is 11.3 Å². The largest absolute Gasteiger partial charge is 0.374 e. The van der Waals surface area contributed by atoms with Crippen LogP contribution in [0.5, 0.6) is 0 Å². The van der Waals surface area contributed by atoms with E-state index in [-0.39, 0.29) is 5.91 Å². The van der Waals surface area contributed by atoms with E-state index in [1.54, 1.807) is 13.8 Å². The second-order valence-corrected chi connectivity index (χ2v) is 5.61. The number of thioether (sulfide) groups is 1. The monoisotopic (exact) mass is 275 g/mol. The number of amides is 3. The quantitative estimate of drug-likeness (QED) is 0.688. The van der Waals surface area contributed by atoms with Crippen LogP contribution >= 0.6 is 23.1 Å². The Morgan fingerprint density at radius 2 is 2.24 bits per heavy atom. The number of nitrogens with one attached hydrogen (secondary N) is 2. The van der Waals surface area contributed by atoms with Crippen molar-refractivity contribution in [2.75, 3.05) is 12.3 Å². The smallest absolute Gasteiger partial charge is 0.321 e. The average molecular weight is 275 g/mol. The Labute approximate surface area is 107 Å². The lowest BCUT2D eigenvalue weighted by atomic mass is 10.4. The molecule has 3 amide bonds. The number of rotatable bonds is 4. The highest BCUT2D eigenvalue weighted by Gasteiger charge is 2.18. The zero-order chi connectivity index (χ0) is 12.8. The Morgan fingerprint density at radius 1 is 1.53 bits per heavy atom. The minimum atomic E-state index is -0.498. The van der Waals surface area contributed by atoms with Crippen molar-refractivity contribution in [3.63, 3.8) is 0 Å². The summed E-state index contributed by atoms with van der Waals surface area (Å²) in [5.74, 6) is -0.380. The van der Waals surface area contributed by atoms with Crippen LogP contribution in [-0.4, -0.2) is 33.9 Å². The lowest BCUT2D eigenvalue weighted by Gasteiger charge is -2.09. The average Bonchev–Trinajstić information content (AvgIpc) is 2.64. The summed E-state index contributed by atoms with van der Waals surface area (Å²) in [5, 5.41) is 12.0. The molecule has 1 atom stereocenters. The zero-order valence-corrected chi connectivity index (χ0v) is 11.0. The van der Waals surface area contributed by atoms with Crippen LogP contribution in [0.2, 0.25) is 0 Å². The molecule has 0 spiro atoms. The van der Waals surface area contributed by atoms with Crippen molar-refractivity contribution in [1.82, 2.24) is 20.8 Å². The topological polar surface area (TPSA) is 110 Å². The fourth-order valence-electron chi connectivity index (χ4n) is 0.891. The molecule has 4 N–H and O–H groups in total. The SMILES string of the molecule is CCNC(=O)NC(=O)C(C)Sc1nnc(N)s1. The van der Waals surface area contributed by atoms with Crippen molar-refractivity contribution in [3.8, 4) is 0 Å². The van der Waals surface area contributed by atoms with E-state index in [4.69, 9.17) is 5.73 Å². The normalized spacial score (nSPS) is 11.9. The molecule has 17 heavy (non-hydrogen) atoms. The van der Waals surface area contributed by atoms with Crippen LogP contribution in [0, 0.1) is 0 Å². The van der Waals surface area contributed by atoms with E-state index in [9.17, 15) is 9.59 Å². The molecule has 7 nitrogen and oxygen atoms in total. The summed E-state index contributed by atoms with van der Waals surface area (Å²) in [6.45, 7) is 3.91. The molecule has 0 saturated carbocycles. The van der Waals surface area contributed by atoms with Gasteiger partial charge in [-0.3, -0.25) is 10.1 Å². The standard InChI is InChI=1S/C8H13N5O2S2/c1-3-10-7(15)11-5(14)4(2)16-8-13-12-6(9)17-8/h4H,3H2,1-2H3,(H2,9,12)(H2,10,11,14,15). The third-order valence-electron chi connectivity index (χ3n) is 1.64. The van der Waals surface area contributed by atoms with Gasteiger partial charge in [-0.1, -0.05) is 23.1 Å². The molecule has 0 aliphatic heterocycles. The van der Waals surface area contributed by atoms with E-state index in [1.165, 1.54) is 23.1 Å². The van der Waals surface area contributed by atoms with E-state index in [2.05, 4.69) is 20.8 Å². The van der Waals surface area contributed by atoms with Crippen LogP contribution in [0.3, 0.4) is 0 Å². The molecular formula is C8H13N5O2S2. The maximum atomic E-state index is 11.6. The molecule has 94 valence electrons. The summed E-state index contributed by atoms with van der Waals surface area (Å²) >= 11 is 2.41. The van der Waals surface area contributed by atoms with Crippen molar-refractivity contribution in [1.29, 1.82) is 0 Å². The number of nitrogen functional groups attached to an aromatic ring is 1. The molecule has 0 aliphatic rings. The van der Waals surface area contributed by atoms with Gasteiger partial charge in [-0.05, 0) is 13.8 Å². The van der Waals surface area contributed by atoms with Crippen molar-refractivity contribution in [2.45, 2.75) is 23.4 Å². The number of carbonyl (C=O) groups excluding carboxylic acids is 2. The Balaban J connectivity index is 2.44. The number of carbonyl (C=O) groups is 2. The van der Waals surface area contributed by atoms with Crippen molar-refractivity contribution in [2.24, 2.45) is 0 Å². The van der Waals surface area contributed by atoms with Gasteiger partial charge in [-0.25, -0.2) is 4.79 Å². The Kier molecular flexibility index (Phi) is 5.16. The number of aromatic nitrogens is 2. The molecule has 9 heteroatoms. The van der Waals surface area contributed by atoms with Gasteiger partial charge in [0.2, 0.25) is 11.0 Å². The number of anilines is 1. The molecule has 0 aliphatic carbocycles. The highest BCUT2D eigenvalue weighted by Crippen LogP contribution is 2.27. The minimum absolute atomic E-state index is 0.351. The number of hydrogen-bond acceptors (Lipinski definition) is 7. The van der Waals surface area contributed by atoms with E-state index in [1.807, 2.05) is 0 Å². The summed E-state index contributed by atoms with van der Waals surface area (Å²) in [6, 6.07) is -0.498. The lowest BCUT2D eigenvalue weighted by Crippen LogP contribution is -2.42. The second-order valence-electron chi connectivity index (χ2n) is 3.01. The van der Waals surface area contributed by atoms with Gasteiger partial charge in [0.15, 0.2) is 4.34 Å². The fourth-order valence-corrected chi connectivity index (χ4v) is 2.67. The van der Waals surface area contributed by atoms with Gasteiger partial charge in [-0.15, -0.1) is 10.2 Å². The van der Waals surface area contributed by atoms with Crippen LogP contribution in [0.15, 0.2) is 4.34 Å². The molecule has 0 saturated heterocycles. The van der Waals surface area contributed by atoms with E-state index in [0.29, 0.717) is 16.0 Å². The first-order valence-electron chi connectivity index (χ1n) is 4.87. The number of imide groups is 1. The lowest BCUT2D eigenvalue weighted by molar-refractivity contribution is -0.119. The van der Waals surface area contributed by atoms with Crippen LogP contribution < -0.4 is 16.4 Å². The number of nitrogens with two attached hydrogens (primary N) is 1. The molecular weight excluding hydrogens is 262 g/mol. The predicted molar refractivity (Wildman–Crippen MR) is 66.9 cm³/mol. The number of hydrogen-bond donors (Lipinski definition) is 3. The van der Waals surface area contributed by atoms with Crippen LogP contribution in [0.1, 0.15) is 13.8 Å². The predicted octanol–water partition coefficient (Wildman–Crippen LogP) is 0.447. The van der Waals surface area contributed by atoms with E-state index in [0.717, 1.165) is 0 Å². The van der Waals surface area contributed by atoms with Gasteiger partial charge >= 0.3 is 6.03 Å². The summed E-state index contributed by atoms with van der Waals surface area (Å²) in [6.07, 6.45) is 0. The highest BCUT2D eigenvalue weighted by molar-refractivity contribution is 8.02. The molecule has 1 heterocycles. The van der Waals surface area contributed by atoms with Gasteiger partial charge in [-0.2, -0.15) is 0 Å². The highest BCUT2D eigenvalue weighted by atomic mass is 32.2. The molecule has 0 radical (unpaired) electrons. The maximum Gasteiger partial charge on any atom is 0.321 e. The Bertz CT molecular complexity index is 408. The Morgan fingerprint density at radius 3 is 2.76 bits per heavy atom. The number of urea groups is 1. The molecule has 1 aromatic rings. The zero-order valence-electron chi connectivity index (χ0n) is 9.39. The minimum Gasteiger partial charge on any atom is -0.374 e. The Hall–Kier alpha value is -1.35. The fraction of sp³-hybridized carbons (Fsp3) is 0.500. The third-order valence-corrected chi connectivity index (χ3v) is 3.58. The van der Waals surface area contributed by atoms with Crippen LogP contribution in [0.25, 0.3) is 0 Å². The van der Waals surface area contributed by atoms with Crippen molar-refractivity contribution < 1.29 is 9.59 Å². The van der Waals surface area contributed by atoms with Gasteiger partial charge in [0.05, 0.1) is 5.25 Å². The first-order valence-corrected chi connectivity index (χ1v) is 6.57. The number of nitrogens with zero attached hydrogens (tertiary/aromatic N) is 2. The van der Waals surface area contributed by atoms with Gasteiger partial charge in [0.1, 0.15) is 0 Å². The first-order chi connectivity index (χ1) is 8.02. The van der Waals surface area contributed by atoms with Crippen molar-refractivity contribution in [3.05, 3.63) is 0 Å². The summed E-state index contributed by atoms with van der Waals surface area (Å²) in [7, 11) is 0. The van der Waals surface area contributed by atoms with Crippen LogP contribution in [0.4, 0.5) is 9.93 Å². The molecule has 1 unspecified atom stereocenters. The third kappa shape index (κ3) is 4.57. The maximum absolute atomic E-state index is 11.6. The van der Waals surface area contributed by atoms with Gasteiger partial charge in [0.25, 0.3) is 0 Å². The summed E-state index contributed by atoms with van der Waals surface area (Å²) in [5.41, 5.74) is 5.42. The van der Waals surface area contributed by atoms with E-state index >= 15 is 0 Å². The first kappa shape index (κ1) is 13.7. The molecule has 1 rings (SSSR count). The molecule has 0 aromatic carbocycles. The van der Waals surface area contributed by atoms with Crippen molar-refractivity contribution >= 4 is 40.2 Å². The summed E-state index contributed by atoms with van der Waals surface area (Å²) < 4.78 is 0.598. The molecule has 1 aromatic heterocycles. The van der Waals surface area contributed by atoms with Crippen LogP contribution in [-0.2, 0) is 4.79 Å². The summed E-state index contributed by atoms with van der Waals surface area (Å²) in [4.78, 5) is 22.7. The second kappa shape index (κ2) is 6.40. The molecule has 0 fully saturated rings. The van der Waals surface area contributed by atoms with Gasteiger partial charge in [0, 0.05) is 6.54 Å².